The third kappa shape index (κ3) is 9.03. The van der Waals surface area contributed by atoms with Crippen LogP contribution in [-0.4, -0.2) is 39.5 Å². The van der Waals surface area contributed by atoms with Crippen LogP contribution in [-0.2, 0) is 14.3 Å². The number of rotatable bonds is 6. The van der Waals surface area contributed by atoms with Crippen molar-refractivity contribution in [2.75, 3.05) is 15.5 Å². The van der Waals surface area contributed by atoms with Gasteiger partial charge in [-0.15, -0.1) is 23.2 Å². The van der Waals surface area contributed by atoms with Crippen LogP contribution in [0.5, 0.6) is 0 Å². The summed E-state index contributed by atoms with van der Waals surface area (Å²) in [5, 5.41) is 5.81. The summed E-state index contributed by atoms with van der Waals surface area (Å²) in [4.78, 5) is 52.8. The lowest BCUT2D eigenvalue weighted by Gasteiger charge is -2.28. The molecule has 1 fully saturated rings. The van der Waals surface area contributed by atoms with Crippen molar-refractivity contribution in [3.8, 4) is 0 Å². The Bertz CT molecular complexity index is 1740. The maximum Gasteiger partial charge on any atom is 0.424 e. The fourth-order valence-electron chi connectivity index (χ4n) is 4.65. The number of benzene rings is 3. The molecule has 9 nitrogen and oxygen atoms in total. The standard InChI is InChI=1S/C33H31Cl5FN3O6/c1-31(2,3)47-29(45)42(30(46)48-32(4,5)6)20-8-10-24(23(39)15-20)41-27(43)21-14-19(7-9-22(21)36)40-28(44)26-25(33(26,37)38)16-11-17(34)13-18(35)12-16/h7-15,25-26H,1-6H3,(H,40,44)(H,41,43)/t25-,26+/m1/s1. The zero-order valence-corrected chi connectivity index (χ0v) is 30.3. The molecule has 0 radical (unpaired) electrons. The molecule has 4 amide bonds. The first-order valence-electron chi connectivity index (χ1n) is 14.4. The number of hydrogen-bond donors (Lipinski definition) is 2. The van der Waals surface area contributed by atoms with Gasteiger partial charge in [0.2, 0.25) is 5.91 Å². The monoisotopic (exact) mass is 759 g/mol. The van der Waals surface area contributed by atoms with Crippen LogP contribution >= 0.6 is 58.0 Å². The van der Waals surface area contributed by atoms with Gasteiger partial charge >= 0.3 is 12.2 Å². The Morgan fingerprint density at radius 1 is 0.792 bits per heavy atom. The zero-order chi connectivity index (χ0) is 35.9. The number of hydrogen-bond acceptors (Lipinski definition) is 6. The molecular formula is C33H31Cl5FN3O6. The van der Waals surface area contributed by atoms with Gasteiger partial charge in [-0.2, -0.15) is 4.90 Å². The highest BCUT2D eigenvalue weighted by Crippen LogP contribution is 2.65. The van der Waals surface area contributed by atoms with Crippen LogP contribution in [0.25, 0.3) is 0 Å². The molecule has 1 saturated carbocycles. The number of nitrogens with zero attached hydrogens (tertiary/aromatic N) is 1. The van der Waals surface area contributed by atoms with Crippen molar-refractivity contribution < 1.29 is 33.0 Å². The van der Waals surface area contributed by atoms with Crippen LogP contribution in [0.3, 0.4) is 0 Å². The highest BCUT2D eigenvalue weighted by molar-refractivity contribution is 6.53. The van der Waals surface area contributed by atoms with Gasteiger partial charge in [-0.3, -0.25) is 9.59 Å². The molecule has 1 aliphatic rings. The summed E-state index contributed by atoms with van der Waals surface area (Å²) in [7, 11) is 0. The van der Waals surface area contributed by atoms with E-state index in [0.29, 0.717) is 20.5 Å². The third-order valence-electron chi connectivity index (χ3n) is 6.67. The van der Waals surface area contributed by atoms with Gasteiger partial charge in [-0.1, -0.05) is 34.8 Å². The number of ether oxygens (including phenoxy) is 2. The molecule has 1 aliphatic carbocycles. The largest absolute Gasteiger partial charge is 0.443 e. The summed E-state index contributed by atoms with van der Waals surface area (Å²) in [5.41, 5.74) is -1.77. The highest BCUT2D eigenvalue weighted by Gasteiger charge is 2.67. The van der Waals surface area contributed by atoms with E-state index in [9.17, 15) is 19.2 Å². The summed E-state index contributed by atoms with van der Waals surface area (Å²) in [6, 6.07) is 12.2. The van der Waals surface area contributed by atoms with Gasteiger partial charge < -0.3 is 20.1 Å². The van der Waals surface area contributed by atoms with E-state index in [1.165, 1.54) is 30.3 Å². The van der Waals surface area contributed by atoms with Crippen LogP contribution in [0.1, 0.15) is 63.4 Å². The van der Waals surface area contributed by atoms with Crippen molar-refractivity contribution in [3.63, 3.8) is 0 Å². The molecule has 0 aromatic heterocycles. The van der Waals surface area contributed by atoms with Crippen LogP contribution in [0.4, 0.5) is 31.0 Å². The van der Waals surface area contributed by atoms with Crippen molar-refractivity contribution in [2.24, 2.45) is 5.92 Å². The number of imide groups is 1. The van der Waals surface area contributed by atoms with E-state index in [0.717, 1.165) is 12.1 Å². The van der Waals surface area contributed by atoms with E-state index in [-0.39, 0.29) is 27.6 Å². The Hall–Kier alpha value is -3.28. The predicted molar refractivity (Wildman–Crippen MR) is 187 cm³/mol. The van der Waals surface area contributed by atoms with E-state index in [1.54, 1.807) is 53.7 Å². The fourth-order valence-corrected chi connectivity index (χ4v) is 6.23. The fraction of sp³-hybridized carbons (Fsp3) is 0.333. The number of carbonyl (C=O) groups is 4. The second-order valence-corrected chi connectivity index (χ2v) is 15.7. The van der Waals surface area contributed by atoms with Crippen LogP contribution in [0.15, 0.2) is 54.6 Å². The second kappa shape index (κ2) is 13.9. The second-order valence-electron chi connectivity index (χ2n) is 12.9. The molecule has 4 rings (SSSR count). The first-order chi connectivity index (χ1) is 22.1. The summed E-state index contributed by atoms with van der Waals surface area (Å²) in [6.45, 7) is 9.62. The summed E-state index contributed by atoms with van der Waals surface area (Å²) >= 11 is 31.4. The molecule has 256 valence electrons. The quantitative estimate of drug-likeness (QED) is 0.242. The van der Waals surface area contributed by atoms with Crippen molar-refractivity contribution in [2.45, 2.75) is 63.0 Å². The van der Waals surface area contributed by atoms with Crippen LogP contribution < -0.4 is 15.5 Å². The molecule has 2 atom stereocenters. The van der Waals surface area contributed by atoms with Gasteiger partial charge in [0.1, 0.15) is 21.4 Å². The van der Waals surface area contributed by atoms with Crippen molar-refractivity contribution in [3.05, 3.63) is 86.6 Å². The number of amides is 4. The summed E-state index contributed by atoms with van der Waals surface area (Å²) in [5.74, 6) is -3.80. The minimum Gasteiger partial charge on any atom is -0.443 e. The SMILES string of the molecule is CC(C)(C)OC(=O)N(C(=O)OC(C)(C)C)c1ccc(NC(=O)c2cc(NC(=O)[C@@H]3[C@@H](c4cc(Cl)cc(Cl)c4)C3(Cl)Cl)ccc2Cl)c(F)c1. The minimum atomic E-state index is -1.43. The molecule has 15 heteroatoms. The summed E-state index contributed by atoms with van der Waals surface area (Å²) in [6.07, 6.45) is -2.18. The predicted octanol–water partition coefficient (Wildman–Crippen LogP) is 10.2. The molecule has 0 saturated heterocycles. The van der Waals surface area contributed by atoms with Gasteiger partial charge in [0.15, 0.2) is 0 Å². The Labute approximate surface area is 301 Å². The number of nitrogens with one attached hydrogen (secondary N) is 2. The first-order valence-corrected chi connectivity index (χ1v) is 16.3. The highest BCUT2D eigenvalue weighted by atomic mass is 35.5. The molecule has 0 bridgehead atoms. The molecule has 3 aromatic carbocycles. The average molecular weight is 762 g/mol. The molecule has 0 spiro atoms. The number of halogens is 6. The van der Waals surface area contributed by atoms with Gasteiger partial charge in [0, 0.05) is 27.7 Å². The third-order valence-corrected chi connectivity index (χ3v) is 8.38. The first kappa shape index (κ1) is 37.5. The van der Waals surface area contributed by atoms with Crippen molar-refractivity contribution in [1.29, 1.82) is 0 Å². The van der Waals surface area contributed by atoms with E-state index >= 15 is 4.39 Å². The molecule has 0 unspecified atom stereocenters. The topological polar surface area (TPSA) is 114 Å². The normalized spacial score (nSPS) is 16.8. The smallest absolute Gasteiger partial charge is 0.424 e. The Kier molecular flexibility index (Phi) is 10.9. The van der Waals surface area contributed by atoms with Gasteiger partial charge in [0.25, 0.3) is 5.91 Å². The number of carbonyl (C=O) groups excluding carboxylic acids is 4. The van der Waals surface area contributed by atoms with Crippen LogP contribution in [0, 0.1) is 11.7 Å². The lowest BCUT2D eigenvalue weighted by Crippen LogP contribution is -2.43. The maximum absolute atomic E-state index is 15.4. The van der Waals surface area contributed by atoms with Crippen molar-refractivity contribution >= 4 is 99.1 Å². The Balaban J connectivity index is 1.52. The van der Waals surface area contributed by atoms with E-state index in [2.05, 4.69) is 10.6 Å². The molecular weight excluding hydrogens is 731 g/mol. The van der Waals surface area contributed by atoms with Gasteiger partial charge in [0.05, 0.1) is 27.9 Å². The number of alkyl halides is 2. The zero-order valence-electron chi connectivity index (χ0n) is 26.5. The molecule has 0 aliphatic heterocycles. The van der Waals surface area contributed by atoms with Gasteiger partial charge in [-0.05, 0) is 95.6 Å². The van der Waals surface area contributed by atoms with Crippen molar-refractivity contribution in [1.82, 2.24) is 0 Å². The number of anilines is 3. The molecule has 0 heterocycles. The lowest BCUT2D eigenvalue weighted by molar-refractivity contribution is -0.117. The minimum absolute atomic E-state index is 0.00505. The average Bonchev–Trinajstić information content (AvgIpc) is 3.50. The maximum atomic E-state index is 15.4. The van der Waals surface area contributed by atoms with E-state index in [1.807, 2.05) is 0 Å². The molecule has 2 N–H and O–H groups in total. The van der Waals surface area contributed by atoms with Gasteiger partial charge in [-0.25, -0.2) is 14.0 Å². The van der Waals surface area contributed by atoms with E-state index in [4.69, 9.17) is 67.5 Å². The van der Waals surface area contributed by atoms with Crippen LogP contribution in [0.2, 0.25) is 15.1 Å². The molecule has 3 aromatic rings. The lowest BCUT2D eigenvalue weighted by atomic mass is 10.1. The Morgan fingerprint density at radius 3 is 1.88 bits per heavy atom. The molecule has 48 heavy (non-hydrogen) atoms. The summed E-state index contributed by atoms with van der Waals surface area (Å²) < 4.78 is 24.6. The Morgan fingerprint density at radius 2 is 1.35 bits per heavy atom. The van der Waals surface area contributed by atoms with E-state index < -0.39 is 57.2 Å².